The van der Waals surface area contributed by atoms with Crippen LogP contribution in [0.25, 0.3) is 22.4 Å². The van der Waals surface area contributed by atoms with Crippen LogP contribution in [-0.2, 0) is 0 Å². The number of hydrogen-bond acceptors (Lipinski definition) is 6. The molecule has 4 aromatic rings. The Kier molecular flexibility index (Phi) is 4.38. The van der Waals surface area contributed by atoms with E-state index in [1.807, 2.05) is 18.5 Å². The zero-order valence-corrected chi connectivity index (χ0v) is 16.0. The van der Waals surface area contributed by atoms with Crippen molar-refractivity contribution in [3.05, 3.63) is 54.6 Å². The monoisotopic (exact) mass is 391 g/mol. The molecule has 3 heterocycles. The number of imidazole rings is 1. The minimum Gasteiger partial charge on any atom is -0.459 e. The number of nitrogens with one attached hydrogen (secondary N) is 1. The Labute approximate surface area is 166 Å². The van der Waals surface area contributed by atoms with Gasteiger partial charge in [-0.1, -0.05) is 18.0 Å². The number of benzene rings is 1. The average Bonchev–Trinajstić information content (AvgIpc) is 3.54. The lowest BCUT2D eigenvalue weighted by atomic mass is 10.1. The number of aromatic nitrogens is 4. The molecule has 0 aliphatic heterocycles. The lowest BCUT2D eigenvalue weighted by molar-refractivity contribution is 0.0904. The maximum Gasteiger partial charge on any atom is 0.287 e. The number of fused-ring (bicyclic) bond motifs is 1. The van der Waals surface area contributed by atoms with Gasteiger partial charge in [0.05, 0.1) is 23.6 Å². The Hall–Kier alpha value is -3.42. The van der Waals surface area contributed by atoms with Crippen LogP contribution in [0.5, 0.6) is 0 Å². The molecule has 1 aliphatic carbocycles. The van der Waals surface area contributed by atoms with Crippen LogP contribution in [0.1, 0.15) is 61.1 Å². The number of furan rings is 1. The van der Waals surface area contributed by atoms with E-state index in [9.17, 15) is 4.79 Å². The molecular weight excluding hydrogens is 370 g/mol. The third-order valence-electron chi connectivity index (χ3n) is 5.46. The van der Waals surface area contributed by atoms with E-state index < -0.39 is 6.04 Å². The van der Waals surface area contributed by atoms with Crippen LogP contribution in [-0.4, -0.2) is 25.6 Å². The number of hydrogen-bond donors (Lipinski definition) is 1. The molecule has 0 bridgehead atoms. The van der Waals surface area contributed by atoms with Gasteiger partial charge in [-0.15, -0.1) is 0 Å². The summed E-state index contributed by atoms with van der Waals surface area (Å²) in [5.41, 5.74) is 2.87. The van der Waals surface area contributed by atoms with E-state index in [2.05, 4.69) is 31.1 Å². The minimum absolute atomic E-state index is 0.236. The third kappa shape index (κ3) is 3.30. The van der Waals surface area contributed by atoms with Crippen molar-refractivity contribution in [1.82, 2.24) is 25.0 Å². The summed E-state index contributed by atoms with van der Waals surface area (Å²) in [6.07, 6.45) is 8.37. The Morgan fingerprint density at radius 1 is 1.28 bits per heavy atom. The molecule has 8 heteroatoms. The van der Waals surface area contributed by atoms with Crippen LogP contribution in [0.2, 0.25) is 0 Å². The second kappa shape index (κ2) is 7.20. The van der Waals surface area contributed by atoms with Crippen molar-refractivity contribution in [2.75, 3.05) is 0 Å². The smallest absolute Gasteiger partial charge is 0.287 e. The van der Waals surface area contributed by atoms with Gasteiger partial charge < -0.3 is 18.8 Å². The molecule has 5 rings (SSSR count). The first-order chi connectivity index (χ1) is 14.2. The zero-order valence-electron chi connectivity index (χ0n) is 16.0. The van der Waals surface area contributed by atoms with Gasteiger partial charge in [-0.05, 0) is 50.1 Å². The largest absolute Gasteiger partial charge is 0.459 e. The summed E-state index contributed by atoms with van der Waals surface area (Å²) in [4.78, 5) is 21.1. The fraction of sp³-hybridized carbons (Fsp3) is 0.333. The third-order valence-corrected chi connectivity index (χ3v) is 5.46. The van der Waals surface area contributed by atoms with Gasteiger partial charge in [-0.25, -0.2) is 4.98 Å². The molecule has 1 saturated carbocycles. The van der Waals surface area contributed by atoms with Crippen LogP contribution in [0.4, 0.5) is 0 Å². The number of rotatable bonds is 5. The highest BCUT2D eigenvalue weighted by Gasteiger charge is 2.21. The van der Waals surface area contributed by atoms with Gasteiger partial charge >= 0.3 is 0 Å². The SMILES string of the molecule is CC(NC(=O)c1ccco1)c1nc(-c2ccc3c(c2)ncn3C2CCCC2)no1. The lowest BCUT2D eigenvalue weighted by Gasteiger charge is -2.12. The molecule has 0 spiro atoms. The molecular formula is C21H21N5O3. The molecule has 0 radical (unpaired) electrons. The van der Waals surface area contributed by atoms with Crippen LogP contribution >= 0.6 is 0 Å². The summed E-state index contributed by atoms with van der Waals surface area (Å²) in [5, 5.41) is 6.86. The van der Waals surface area contributed by atoms with Crippen molar-refractivity contribution in [2.24, 2.45) is 0 Å². The topological polar surface area (TPSA) is 99.0 Å². The van der Waals surface area contributed by atoms with E-state index in [1.165, 1.54) is 31.9 Å². The van der Waals surface area contributed by atoms with Gasteiger partial charge in [0, 0.05) is 11.6 Å². The summed E-state index contributed by atoms with van der Waals surface area (Å²) in [5.74, 6) is 0.703. The van der Waals surface area contributed by atoms with E-state index in [4.69, 9.17) is 8.94 Å². The predicted molar refractivity (Wildman–Crippen MR) is 105 cm³/mol. The van der Waals surface area contributed by atoms with E-state index in [0.717, 1.165) is 16.6 Å². The predicted octanol–water partition coefficient (Wildman–Crippen LogP) is 4.29. The molecule has 1 aliphatic rings. The second-order valence-corrected chi connectivity index (χ2v) is 7.42. The first-order valence-electron chi connectivity index (χ1n) is 9.84. The van der Waals surface area contributed by atoms with Crippen molar-refractivity contribution in [1.29, 1.82) is 0 Å². The molecule has 1 fully saturated rings. The summed E-state index contributed by atoms with van der Waals surface area (Å²) >= 11 is 0. The Morgan fingerprint density at radius 2 is 2.14 bits per heavy atom. The molecule has 1 N–H and O–H groups in total. The lowest BCUT2D eigenvalue weighted by Crippen LogP contribution is -2.26. The van der Waals surface area contributed by atoms with Crippen LogP contribution < -0.4 is 5.32 Å². The highest BCUT2D eigenvalue weighted by atomic mass is 16.5. The highest BCUT2D eigenvalue weighted by Crippen LogP contribution is 2.33. The van der Waals surface area contributed by atoms with Gasteiger partial charge in [0.15, 0.2) is 5.76 Å². The second-order valence-electron chi connectivity index (χ2n) is 7.42. The van der Waals surface area contributed by atoms with E-state index in [1.54, 1.807) is 19.1 Å². The molecule has 0 saturated heterocycles. The normalized spacial score (nSPS) is 15.8. The molecule has 1 amide bonds. The van der Waals surface area contributed by atoms with Crippen molar-refractivity contribution < 1.29 is 13.7 Å². The van der Waals surface area contributed by atoms with Crippen LogP contribution in [0.15, 0.2) is 51.9 Å². The van der Waals surface area contributed by atoms with Crippen molar-refractivity contribution in [3.63, 3.8) is 0 Å². The maximum atomic E-state index is 12.1. The fourth-order valence-corrected chi connectivity index (χ4v) is 3.91. The molecule has 1 atom stereocenters. The van der Waals surface area contributed by atoms with E-state index >= 15 is 0 Å². The summed E-state index contributed by atoms with van der Waals surface area (Å²) in [6, 6.07) is 9.38. The van der Waals surface area contributed by atoms with Crippen LogP contribution in [0.3, 0.4) is 0 Å². The standard InChI is InChI=1S/C21H21N5O3/c1-13(23-20(27)18-7-4-10-28-18)21-24-19(25-29-21)14-8-9-17-16(11-14)22-12-26(17)15-5-2-3-6-15/h4,7-13,15H,2-3,5-6H2,1H3,(H,23,27). The highest BCUT2D eigenvalue weighted by molar-refractivity contribution is 5.91. The van der Waals surface area contributed by atoms with Gasteiger partial charge in [-0.3, -0.25) is 4.79 Å². The van der Waals surface area contributed by atoms with Gasteiger partial charge in [0.2, 0.25) is 11.7 Å². The molecule has 1 unspecified atom stereocenters. The molecule has 148 valence electrons. The fourth-order valence-electron chi connectivity index (χ4n) is 3.91. The molecule has 1 aromatic carbocycles. The molecule has 29 heavy (non-hydrogen) atoms. The zero-order chi connectivity index (χ0) is 19.8. The number of carbonyl (C=O) groups excluding carboxylic acids is 1. The summed E-state index contributed by atoms with van der Waals surface area (Å²) in [6.45, 7) is 1.78. The first-order valence-corrected chi connectivity index (χ1v) is 9.84. The maximum absolute atomic E-state index is 12.1. The molecule has 8 nitrogen and oxygen atoms in total. The number of amides is 1. The van der Waals surface area contributed by atoms with Gasteiger partial charge in [0.25, 0.3) is 5.91 Å². The number of nitrogens with zero attached hydrogens (tertiary/aromatic N) is 4. The van der Waals surface area contributed by atoms with Gasteiger partial charge in [0.1, 0.15) is 6.04 Å². The van der Waals surface area contributed by atoms with Crippen molar-refractivity contribution >= 4 is 16.9 Å². The quantitative estimate of drug-likeness (QED) is 0.545. The van der Waals surface area contributed by atoms with Crippen molar-refractivity contribution in [2.45, 2.75) is 44.7 Å². The summed E-state index contributed by atoms with van der Waals surface area (Å²) in [7, 11) is 0. The Bertz CT molecular complexity index is 1140. The first kappa shape index (κ1) is 17.7. The van der Waals surface area contributed by atoms with E-state index in [0.29, 0.717) is 17.8 Å². The minimum atomic E-state index is -0.445. The molecule has 3 aromatic heterocycles. The Morgan fingerprint density at radius 3 is 2.93 bits per heavy atom. The summed E-state index contributed by atoms with van der Waals surface area (Å²) < 4.78 is 12.7. The average molecular weight is 391 g/mol. The van der Waals surface area contributed by atoms with Crippen molar-refractivity contribution in [3.8, 4) is 11.4 Å². The van der Waals surface area contributed by atoms with Gasteiger partial charge in [-0.2, -0.15) is 4.98 Å². The number of carbonyl (C=O) groups is 1. The van der Waals surface area contributed by atoms with E-state index in [-0.39, 0.29) is 11.7 Å². The van der Waals surface area contributed by atoms with Crippen LogP contribution in [0, 0.1) is 0 Å². The Balaban J connectivity index is 1.35.